The highest BCUT2D eigenvalue weighted by Crippen LogP contribution is 2.11. The molecule has 0 aromatic carbocycles. The zero-order chi connectivity index (χ0) is 13.4. The SMILES string of the molecule is COCCOCCCNC(=O)c1n[nH]c(C)c1N. The minimum Gasteiger partial charge on any atom is -0.395 e. The number of nitrogen functional groups attached to an aromatic ring is 1. The third kappa shape index (κ3) is 4.34. The Hall–Kier alpha value is -1.60. The third-order valence-corrected chi connectivity index (χ3v) is 2.39. The van der Waals surface area contributed by atoms with Crippen LogP contribution in [0, 0.1) is 6.92 Å². The molecule has 0 saturated heterocycles. The molecule has 7 nitrogen and oxygen atoms in total. The predicted molar refractivity (Wildman–Crippen MR) is 67.4 cm³/mol. The maximum Gasteiger partial charge on any atom is 0.273 e. The topological polar surface area (TPSA) is 102 Å². The molecule has 0 unspecified atom stereocenters. The van der Waals surface area contributed by atoms with Crippen LogP contribution in [0.4, 0.5) is 5.69 Å². The van der Waals surface area contributed by atoms with Crippen molar-refractivity contribution in [1.29, 1.82) is 0 Å². The molecule has 0 aliphatic carbocycles. The van der Waals surface area contributed by atoms with Gasteiger partial charge in [0.1, 0.15) is 0 Å². The van der Waals surface area contributed by atoms with E-state index in [0.29, 0.717) is 37.7 Å². The summed E-state index contributed by atoms with van der Waals surface area (Å²) in [4.78, 5) is 11.7. The molecule has 18 heavy (non-hydrogen) atoms. The maximum atomic E-state index is 11.7. The first kappa shape index (κ1) is 14.5. The number of anilines is 1. The van der Waals surface area contributed by atoms with Gasteiger partial charge in [0.2, 0.25) is 0 Å². The molecule has 0 fully saturated rings. The number of nitrogens with one attached hydrogen (secondary N) is 2. The molecule has 0 radical (unpaired) electrons. The summed E-state index contributed by atoms with van der Waals surface area (Å²) in [5.74, 6) is -0.270. The van der Waals surface area contributed by atoms with Crippen molar-refractivity contribution >= 4 is 11.6 Å². The van der Waals surface area contributed by atoms with E-state index in [9.17, 15) is 4.79 Å². The zero-order valence-electron chi connectivity index (χ0n) is 10.8. The van der Waals surface area contributed by atoms with E-state index in [4.69, 9.17) is 15.2 Å². The van der Waals surface area contributed by atoms with Crippen LogP contribution in [0.5, 0.6) is 0 Å². The Morgan fingerprint density at radius 1 is 1.44 bits per heavy atom. The van der Waals surface area contributed by atoms with Gasteiger partial charge >= 0.3 is 0 Å². The van der Waals surface area contributed by atoms with Gasteiger partial charge in [-0.15, -0.1) is 0 Å². The summed E-state index contributed by atoms with van der Waals surface area (Å²) in [6.07, 6.45) is 0.735. The summed E-state index contributed by atoms with van der Waals surface area (Å²) in [6, 6.07) is 0. The number of ether oxygens (including phenoxy) is 2. The standard InChI is InChI=1S/C11H20N4O3/c1-8-9(12)10(15-14-8)11(16)13-4-3-5-18-7-6-17-2/h3-7,12H2,1-2H3,(H,13,16)(H,14,15). The van der Waals surface area contributed by atoms with Crippen LogP contribution in [0.25, 0.3) is 0 Å². The number of nitrogens with two attached hydrogens (primary N) is 1. The highest BCUT2D eigenvalue weighted by atomic mass is 16.5. The smallest absolute Gasteiger partial charge is 0.273 e. The fourth-order valence-corrected chi connectivity index (χ4v) is 1.32. The second-order valence-corrected chi connectivity index (χ2v) is 3.83. The van der Waals surface area contributed by atoms with Gasteiger partial charge in [0.05, 0.1) is 24.6 Å². The van der Waals surface area contributed by atoms with Gasteiger partial charge in [-0.05, 0) is 13.3 Å². The van der Waals surface area contributed by atoms with Crippen LogP contribution in [0.2, 0.25) is 0 Å². The summed E-state index contributed by atoms with van der Waals surface area (Å²) in [5, 5.41) is 9.24. The average Bonchev–Trinajstić information content (AvgIpc) is 2.69. The first-order valence-electron chi connectivity index (χ1n) is 5.82. The number of hydrogen-bond acceptors (Lipinski definition) is 5. The first-order valence-corrected chi connectivity index (χ1v) is 5.82. The van der Waals surface area contributed by atoms with Gasteiger partial charge in [0.25, 0.3) is 5.91 Å². The number of nitrogens with zero attached hydrogens (tertiary/aromatic N) is 1. The molecule has 0 spiro atoms. The van der Waals surface area contributed by atoms with Crippen molar-refractivity contribution in [3.8, 4) is 0 Å². The minimum atomic E-state index is -0.270. The second kappa shape index (κ2) is 7.67. The highest BCUT2D eigenvalue weighted by Gasteiger charge is 2.14. The third-order valence-electron chi connectivity index (χ3n) is 2.39. The molecule has 1 aromatic rings. The van der Waals surface area contributed by atoms with Gasteiger partial charge < -0.3 is 20.5 Å². The molecular formula is C11H20N4O3. The molecule has 1 aromatic heterocycles. The van der Waals surface area contributed by atoms with E-state index in [2.05, 4.69) is 15.5 Å². The number of hydrogen-bond donors (Lipinski definition) is 3. The number of rotatable bonds is 8. The van der Waals surface area contributed by atoms with Gasteiger partial charge in [-0.1, -0.05) is 0 Å². The molecule has 0 saturated carbocycles. The maximum absolute atomic E-state index is 11.7. The fourth-order valence-electron chi connectivity index (χ4n) is 1.32. The van der Waals surface area contributed by atoms with Gasteiger partial charge in [-0.2, -0.15) is 5.10 Å². The predicted octanol–water partition coefficient (Wildman–Crippen LogP) is 0.0832. The van der Waals surface area contributed by atoms with Crippen LogP contribution < -0.4 is 11.1 Å². The van der Waals surface area contributed by atoms with Crippen LogP contribution in [0.3, 0.4) is 0 Å². The molecule has 1 heterocycles. The molecule has 102 valence electrons. The molecule has 1 amide bonds. The van der Waals surface area contributed by atoms with Crippen LogP contribution in [0.15, 0.2) is 0 Å². The summed E-state index contributed by atoms with van der Waals surface area (Å²) >= 11 is 0. The molecular weight excluding hydrogens is 236 g/mol. The highest BCUT2D eigenvalue weighted by molar-refractivity contribution is 5.97. The van der Waals surface area contributed by atoms with Gasteiger partial charge in [-0.25, -0.2) is 0 Å². The van der Waals surface area contributed by atoms with Crippen molar-refractivity contribution in [1.82, 2.24) is 15.5 Å². The largest absolute Gasteiger partial charge is 0.395 e. The van der Waals surface area contributed by atoms with Crippen molar-refractivity contribution in [3.63, 3.8) is 0 Å². The lowest BCUT2D eigenvalue weighted by Gasteiger charge is -2.05. The Morgan fingerprint density at radius 3 is 2.83 bits per heavy atom. The summed E-state index contributed by atoms with van der Waals surface area (Å²) in [5.41, 5.74) is 7.03. The van der Waals surface area contributed by atoms with Crippen LogP contribution in [-0.4, -0.2) is 49.6 Å². The quantitative estimate of drug-likeness (QED) is 0.572. The Morgan fingerprint density at radius 2 is 2.22 bits per heavy atom. The molecule has 0 aliphatic heterocycles. The number of methoxy groups -OCH3 is 1. The van der Waals surface area contributed by atoms with Gasteiger partial charge in [-0.3, -0.25) is 9.89 Å². The van der Waals surface area contributed by atoms with Gasteiger partial charge in [0, 0.05) is 20.3 Å². The molecule has 0 atom stereocenters. The van der Waals surface area contributed by atoms with E-state index in [1.165, 1.54) is 0 Å². The van der Waals surface area contributed by atoms with Crippen molar-refractivity contribution in [2.45, 2.75) is 13.3 Å². The zero-order valence-corrected chi connectivity index (χ0v) is 10.8. The van der Waals surface area contributed by atoms with E-state index in [-0.39, 0.29) is 11.6 Å². The molecule has 0 aliphatic rings. The lowest BCUT2D eigenvalue weighted by molar-refractivity contribution is 0.0688. The number of amides is 1. The van der Waals surface area contributed by atoms with Crippen molar-refractivity contribution in [2.24, 2.45) is 0 Å². The number of carbonyl (C=O) groups excluding carboxylic acids is 1. The van der Waals surface area contributed by atoms with E-state index >= 15 is 0 Å². The van der Waals surface area contributed by atoms with Crippen LogP contribution in [-0.2, 0) is 9.47 Å². The second-order valence-electron chi connectivity index (χ2n) is 3.83. The Bertz CT molecular complexity index is 378. The van der Waals surface area contributed by atoms with E-state index in [0.717, 1.165) is 6.42 Å². The minimum absolute atomic E-state index is 0.243. The molecule has 4 N–H and O–H groups in total. The normalized spacial score (nSPS) is 10.6. The summed E-state index contributed by atoms with van der Waals surface area (Å²) in [7, 11) is 1.62. The molecule has 1 rings (SSSR count). The Kier molecular flexibility index (Phi) is 6.16. The Balaban J connectivity index is 2.16. The van der Waals surface area contributed by atoms with E-state index < -0.39 is 0 Å². The monoisotopic (exact) mass is 256 g/mol. The van der Waals surface area contributed by atoms with E-state index in [1.54, 1.807) is 14.0 Å². The number of aromatic nitrogens is 2. The van der Waals surface area contributed by atoms with Crippen LogP contribution in [0.1, 0.15) is 22.6 Å². The number of H-pyrrole nitrogens is 1. The molecule has 0 bridgehead atoms. The lowest BCUT2D eigenvalue weighted by Crippen LogP contribution is -2.26. The lowest BCUT2D eigenvalue weighted by atomic mass is 10.3. The van der Waals surface area contributed by atoms with E-state index in [1.807, 2.05) is 0 Å². The summed E-state index contributed by atoms with van der Waals surface area (Å²) in [6.45, 7) is 4.02. The number of carbonyl (C=O) groups is 1. The fraction of sp³-hybridized carbons (Fsp3) is 0.636. The summed E-state index contributed by atoms with van der Waals surface area (Å²) < 4.78 is 10.1. The Labute approximate surface area is 106 Å². The first-order chi connectivity index (χ1) is 8.66. The number of aromatic amines is 1. The number of aryl methyl sites for hydroxylation is 1. The van der Waals surface area contributed by atoms with Crippen molar-refractivity contribution in [2.75, 3.05) is 39.2 Å². The van der Waals surface area contributed by atoms with Crippen molar-refractivity contribution in [3.05, 3.63) is 11.4 Å². The van der Waals surface area contributed by atoms with Crippen molar-refractivity contribution < 1.29 is 14.3 Å². The average molecular weight is 256 g/mol. The molecule has 7 heteroatoms. The van der Waals surface area contributed by atoms with Gasteiger partial charge in [0.15, 0.2) is 5.69 Å². The van der Waals surface area contributed by atoms with Crippen LogP contribution >= 0.6 is 0 Å².